The standard InChI is InChI=1S/C26H25N3O2S/c1-19-16-22(28-13-5-6-14-28)12-11-20(19)17-24-25(30)29(18-23-10-7-15-31-23)26(32-24)27-21-8-3-2-4-9-21/h2-4,7-12,15-17H,5-6,13-14,18H2,1H3/b24-17-,27-26?. The van der Waals surface area contributed by atoms with Crippen LogP contribution < -0.4 is 4.90 Å². The maximum absolute atomic E-state index is 13.3. The first-order valence-corrected chi connectivity index (χ1v) is 11.7. The third-order valence-corrected chi connectivity index (χ3v) is 6.78. The van der Waals surface area contributed by atoms with Gasteiger partial charge in [0.05, 0.1) is 23.4 Å². The Hall–Kier alpha value is -3.25. The van der Waals surface area contributed by atoms with E-state index in [0.717, 1.165) is 30.1 Å². The van der Waals surface area contributed by atoms with E-state index in [2.05, 4.69) is 30.0 Å². The molecule has 2 aromatic carbocycles. The van der Waals surface area contributed by atoms with Gasteiger partial charge < -0.3 is 9.32 Å². The molecule has 1 amide bonds. The number of amides is 1. The topological polar surface area (TPSA) is 49.0 Å². The maximum Gasteiger partial charge on any atom is 0.267 e. The second-order valence-electron chi connectivity index (χ2n) is 8.05. The first-order chi connectivity index (χ1) is 15.7. The minimum atomic E-state index is -0.0518. The summed E-state index contributed by atoms with van der Waals surface area (Å²) in [5.41, 5.74) is 4.31. The van der Waals surface area contributed by atoms with Gasteiger partial charge in [-0.05, 0) is 85.1 Å². The molecule has 1 aromatic heterocycles. The van der Waals surface area contributed by atoms with E-state index >= 15 is 0 Å². The molecule has 162 valence electrons. The van der Waals surface area contributed by atoms with Gasteiger partial charge in [0.15, 0.2) is 5.17 Å². The van der Waals surface area contributed by atoms with Crippen LogP contribution in [0.2, 0.25) is 0 Å². The number of benzene rings is 2. The summed E-state index contributed by atoms with van der Waals surface area (Å²) in [6, 6.07) is 19.9. The average molecular weight is 444 g/mol. The molecular formula is C26H25N3O2S. The molecule has 0 N–H and O–H groups in total. The maximum atomic E-state index is 13.3. The minimum absolute atomic E-state index is 0.0518. The van der Waals surface area contributed by atoms with Crippen molar-refractivity contribution in [3.05, 3.63) is 88.7 Å². The predicted octanol–water partition coefficient (Wildman–Crippen LogP) is 5.99. The number of anilines is 1. The van der Waals surface area contributed by atoms with Crippen LogP contribution >= 0.6 is 11.8 Å². The number of para-hydroxylation sites is 1. The van der Waals surface area contributed by atoms with Gasteiger partial charge >= 0.3 is 0 Å². The molecule has 2 fully saturated rings. The number of carbonyl (C=O) groups excluding carboxylic acids is 1. The summed E-state index contributed by atoms with van der Waals surface area (Å²) >= 11 is 1.41. The summed E-state index contributed by atoms with van der Waals surface area (Å²) in [4.78, 5) is 22.9. The van der Waals surface area contributed by atoms with E-state index in [4.69, 9.17) is 9.41 Å². The molecule has 0 bridgehead atoms. The Morgan fingerprint density at radius 2 is 1.88 bits per heavy atom. The number of aryl methyl sites for hydroxylation is 1. The van der Waals surface area contributed by atoms with E-state index in [1.807, 2.05) is 48.5 Å². The molecular weight excluding hydrogens is 418 g/mol. The van der Waals surface area contributed by atoms with Gasteiger partial charge in [-0.3, -0.25) is 9.69 Å². The molecule has 2 aliphatic heterocycles. The number of furan rings is 1. The summed E-state index contributed by atoms with van der Waals surface area (Å²) in [6.45, 7) is 4.70. The molecule has 5 rings (SSSR count). The number of rotatable bonds is 5. The average Bonchev–Trinajstić information content (AvgIpc) is 3.56. The smallest absolute Gasteiger partial charge is 0.267 e. The molecule has 2 aliphatic rings. The highest BCUT2D eigenvalue weighted by Crippen LogP contribution is 2.36. The van der Waals surface area contributed by atoms with Crippen LogP contribution in [0.3, 0.4) is 0 Å². The Kier molecular flexibility index (Phi) is 5.86. The van der Waals surface area contributed by atoms with Gasteiger partial charge in [-0.1, -0.05) is 24.3 Å². The van der Waals surface area contributed by atoms with Gasteiger partial charge in [0.25, 0.3) is 5.91 Å². The molecule has 0 aliphatic carbocycles. The molecule has 0 unspecified atom stereocenters. The third kappa shape index (κ3) is 4.36. The van der Waals surface area contributed by atoms with Crippen molar-refractivity contribution in [3.63, 3.8) is 0 Å². The fourth-order valence-electron chi connectivity index (χ4n) is 4.04. The van der Waals surface area contributed by atoms with E-state index in [-0.39, 0.29) is 5.91 Å². The number of nitrogens with zero attached hydrogens (tertiary/aromatic N) is 3. The van der Waals surface area contributed by atoms with Crippen LogP contribution in [0.4, 0.5) is 11.4 Å². The second kappa shape index (κ2) is 9.09. The summed E-state index contributed by atoms with van der Waals surface area (Å²) in [5.74, 6) is 0.677. The summed E-state index contributed by atoms with van der Waals surface area (Å²) in [5, 5.41) is 0.662. The van der Waals surface area contributed by atoms with Crippen LogP contribution in [-0.4, -0.2) is 29.1 Å². The SMILES string of the molecule is Cc1cc(N2CCCC2)ccc1/C=C1\SC(=Nc2ccccc2)N(Cc2ccco2)C1=O. The van der Waals surface area contributed by atoms with Crippen molar-refractivity contribution in [1.82, 2.24) is 4.90 Å². The fraction of sp³-hybridized carbons (Fsp3) is 0.231. The molecule has 0 atom stereocenters. The Morgan fingerprint density at radius 3 is 2.59 bits per heavy atom. The van der Waals surface area contributed by atoms with Gasteiger partial charge in [-0.25, -0.2) is 4.99 Å². The lowest BCUT2D eigenvalue weighted by Crippen LogP contribution is -2.28. The van der Waals surface area contributed by atoms with Crippen molar-refractivity contribution in [2.24, 2.45) is 4.99 Å². The van der Waals surface area contributed by atoms with Crippen molar-refractivity contribution in [1.29, 1.82) is 0 Å². The van der Waals surface area contributed by atoms with Crippen LogP contribution in [0.1, 0.15) is 29.7 Å². The Morgan fingerprint density at radius 1 is 1.06 bits per heavy atom. The van der Waals surface area contributed by atoms with Crippen LogP contribution in [0.5, 0.6) is 0 Å². The molecule has 5 nitrogen and oxygen atoms in total. The van der Waals surface area contributed by atoms with Crippen LogP contribution in [0.25, 0.3) is 6.08 Å². The largest absolute Gasteiger partial charge is 0.467 e. The minimum Gasteiger partial charge on any atom is -0.467 e. The highest BCUT2D eigenvalue weighted by atomic mass is 32.2. The zero-order valence-corrected chi connectivity index (χ0v) is 18.8. The predicted molar refractivity (Wildman–Crippen MR) is 131 cm³/mol. The first kappa shape index (κ1) is 20.6. The molecule has 3 aromatic rings. The lowest BCUT2D eigenvalue weighted by Gasteiger charge is -2.18. The van der Waals surface area contributed by atoms with Crippen molar-refractivity contribution in [2.75, 3.05) is 18.0 Å². The third-order valence-electron chi connectivity index (χ3n) is 5.77. The molecule has 0 saturated carbocycles. The molecule has 2 saturated heterocycles. The highest BCUT2D eigenvalue weighted by Gasteiger charge is 2.34. The van der Waals surface area contributed by atoms with E-state index in [9.17, 15) is 4.79 Å². The number of amidine groups is 1. The molecule has 32 heavy (non-hydrogen) atoms. The number of thioether (sulfide) groups is 1. The van der Waals surface area contributed by atoms with Gasteiger partial charge in [-0.15, -0.1) is 0 Å². The van der Waals surface area contributed by atoms with Crippen LogP contribution in [0.15, 0.2) is 81.2 Å². The number of hydrogen-bond acceptors (Lipinski definition) is 5. The Balaban J connectivity index is 1.45. The first-order valence-electron chi connectivity index (χ1n) is 10.9. The highest BCUT2D eigenvalue weighted by molar-refractivity contribution is 8.18. The fourth-order valence-corrected chi connectivity index (χ4v) is 5.03. The van der Waals surface area contributed by atoms with Gasteiger partial charge in [0, 0.05) is 18.8 Å². The van der Waals surface area contributed by atoms with E-state index < -0.39 is 0 Å². The van der Waals surface area contributed by atoms with Crippen molar-refractivity contribution >= 4 is 40.3 Å². The normalized spacial score (nSPS) is 19.0. The van der Waals surface area contributed by atoms with Crippen molar-refractivity contribution < 1.29 is 9.21 Å². The van der Waals surface area contributed by atoms with Crippen LogP contribution in [0, 0.1) is 6.92 Å². The van der Waals surface area contributed by atoms with Gasteiger partial charge in [-0.2, -0.15) is 0 Å². The second-order valence-corrected chi connectivity index (χ2v) is 9.06. The number of carbonyl (C=O) groups is 1. The van der Waals surface area contributed by atoms with Gasteiger partial charge in [0.1, 0.15) is 5.76 Å². The van der Waals surface area contributed by atoms with E-state index in [0.29, 0.717) is 16.6 Å². The van der Waals surface area contributed by atoms with E-state index in [1.165, 1.54) is 35.9 Å². The monoisotopic (exact) mass is 443 g/mol. The molecule has 0 spiro atoms. The van der Waals surface area contributed by atoms with Gasteiger partial charge in [0.2, 0.25) is 0 Å². The van der Waals surface area contributed by atoms with Crippen molar-refractivity contribution in [2.45, 2.75) is 26.3 Å². The van der Waals surface area contributed by atoms with Crippen LogP contribution in [-0.2, 0) is 11.3 Å². The Bertz CT molecular complexity index is 1160. The summed E-state index contributed by atoms with van der Waals surface area (Å²) < 4.78 is 5.49. The lowest BCUT2D eigenvalue weighted by atomic mass is 10.1. The Labute approximate surface area is 192 Å². The summed E-state index contributed by atoms with van der Waals surface area (Å²) in [6.07, 6.45) is 6.12. The van der Waals surface area contributed by atoms with Crippen molar-refractivity contribution in [3.8, 4) is 0 Å². The number of hydrogen-bond donors (Lipinski definition) is 0. The lowest BCUT2D eigenvalue weighted by molar-refractivity contribution is -0.122. The summed E-state index contributed by atoms with van der Waals surface area (Å²) in [7, 11) is 0. The molecule has 3 heterocycles. The zero-order valence-electron chi connectivity index (χ0n) is 18.0. The molecule has 6 heteroatoms. The quantitative estimate of drug-likeness (QED) is 0.454. The zero-order chi connectivity index (χ0) is 21.9. The van der Waals surface area contributed by atoms with E-state index in [1.54, 1.807) is 11.2 Å². The number of aliphatic imine (C=N–C) groups is 1. The molecule has 0 radical (unpaired) electrons.